The Morgan fingerprint density at radius 1 is 0.938 bits per heavy atom. The molecule has 0 aliphatic carbocycles. The summed E-state index contributed by atoms with van der Waals surface area (Å²) in [5, 5.41) is 24.0. The summed E-state index contributed by atoms with van der Waals surface area (Å²) in [6.07, 6.45) is -10.5. The third-order valence-corrected chi connectivity index (χ3v) is 14.5. The van der Waals surface area contributed by atoms with Gasteiger partial charge in [-0.1, -0.05) is 6.07 Å². The van der Waals surface area contributed by atoms with Crippen LogP contribution >= 0.6 is 11.8 Å². The average molecular weight is 921 g/mol. The minimum Gasteiger partial charge on any atom is -0.504 e. The Labute approximate surface area is 364 Å². The van der Waals surface area contributed by atoms with Crippen molar-refractivity contribution >= 4 is 29.7 Å². The molecule has 7 atom stereocenters. The lowest BCUT2D eigenvalue weighted by molar-refractivity contribution is -0.190. The molecule has 0 saturated carbocycles. The Balaban J connectivity index is 1.35. The van der Waals surface area contributed by atoms with E-state index in [1.54, 1.807) is 29.8 Å². The number of aryl methyl sites for hydroxylation is 1. The SMILES string of the molecule is COc1cc2c(cc1O)CCN[C@]21CS[C@@H]2c3c(OC(=O)C(F)(F)F)c(C)c4c(c3[C@H](COC1=O)N1C2[C@H]2c3c(cc(C)c(OC)c3OC(=O)C(F)(F)F)C[C@H]([C@@H]1C#N)N2C)OCO4. The van der Waals surface area contributed by atoms with Crippen LogP contribution in [0.1, 0.15) is 61.8 Å². The quantitative estimate of drug-likeness (QED) is 0.196. The second-order valence-corrected chi connectivity index (χ2v) is 17.4. The Kier molecular flexibility index (Phi) is 10.4. The Morgan fingerprint density at radius 2 is 1.62 bits per heavy atom. The van der Waals surface area contributed by atoms with E-state index in [4.69, 9.17) is 33.2 Å². The maximum Gasteiger partial charge on any atom is 0.491 e. The van der Waals surface area contributed by atoms with Gasteiger partial charge in [-0.2, -0.15) is 31.6 Å². The number of carbonyl (C=O) groups is 3. The molecule has 2 fully saturated rings. The zero-order chi connectivity index (χ0) is 45.9. The number of phenols is 1. The summed E-state index contributed by atoms with van der Waals surface area (Å²) in [5.41, 5.74) is 0.0652. The number of ether oxygens (including phenoxy) is 7. The number of hydrogen-bond donors (Lipinski definition) is 2. The average Bonchev–Trinajstić information content (AvgIpc) is 3.73. The molecule has 3 aromatic rings. The highest BCUT2D eigenvalue weighted by Crippen LogP contribution is 2.65. The number of methoxy groups -OCH3 is 2. The van der Waals surface area contributed by atoms with Crippen LogP contribution in [0, 0.1) is 25.2 Å². The van der Waals surface area contributed by atoms with Crippen molar-refractivity contribution in [2.45, 2.75) is 80.0 Å². The van der Waals surface area contributed by atoms with Crippen LogP contribution in [0.4, 0.5) is 26.3 Å². The minimum absolute atomic E-state index is 0.00778. The van der Waals surface area contributed by atoms with Crippen molar-refractivity contribution in [1.82, 2.24) is 15.1 Å². The van der Waals surface area contributed by atoms with Crippen LogP contribution in [0.25, 0.3) is 0 Å². The number of esters is 3. The molecule has 2 N–H and O–H groups in total. The van der Waals surface area contributed by atoms with Gasteiger partial charge < -0.3 is 38.3 Å². The number of hydrogen-bond acceptors (Lipinski definition) is 16. The molecule has 2 saturated heterocycles. The first-order chi connectivity index (χ1) is 30.3. The number of rotatable bonds is 4. The van der Waals surface area contributed by atoms with Gasteiger partial charge in [0.05, 0.1) is 37.6 Å². The van der Waals surface area contributed by atoms with Gasteiger partial charge in [0.25, 0.3) is 0 Å². The van der Waals surface area contributed by atoms with E-state index in [0.29, 0.717) is 28.7 Å². The fourth-order valence-corrected chi connectivity index (χ4v) is 12.1. The van der Waals surface area contributed by atoms with Crippen LogP contribution in [0.5, 0.6) is 40.2 Å². The molecule has 7 aliphatic rings. The van der Waals surface area contributed by atoms with Crippen molar-refractivity contribution in [3.8, 4) is 46.3 Å². The molecule has 4 bridgehead atoms. The highest BCUT2D eigenvalue weighted by Gasteiger charge is 2.62. The molecule has 22 heteroatoms. The molecule has 340 valence electrons. The zero-order valence-corrected chi connectivity index (χ0v) is 35.3. The Bertz CT molecular complexity index is 2570. The number of alkyl halides is 6. The molecular weight excluding hydrogens is 883 g/mol. The first kappa shape index (κ1) is 43.6. The lowest BCUT2D eigenvalue weighted by atomic mass is 9.71. The second kappa shape index (κ2) is 15.2. The Hall–Kier alpha value is -5.63. The van der Waals surface area contributed by atoms with Crippen molar-refractivity contribution in [1.29, 1.82) is 5.26 Å². The van der Waals surface area contributed by atoms with Gasteiger partial charge in [-0.05, 0) is 68.1 Å². The highest BCUT2D eigenvalue weighted by atomic mass is 32.2. The number of fused-ring (bicyclic) bond motifs is 9. The summed E-state index contributed by atoms with van der Waals surface area (Å²) < 4.78 is 124. The van der Waals surface area contributed by atoms with Crippen molar-refractivity contribution in [2.24, 2.45) is 0 Å². The number of piperazine rings is 1. The molecule has 0 radical (unpaired) electrons. The molecule has 15 nitrogen and oxygen atoms in total. The normalized spacial score (nSPS) is 27.0. The monoisotopic (exact) mass is 920 g/mol. The van der Waals surface area contributed by atoms with E-state index in [2.05, 4.69) is 11.4 Å². The fourth-order valence-electron chi connectivity index (χ4n) is 10.4. The molecule has 7 aliphatic heterocycles. The number of thioether (sulfide) groups is 1. The molecule has 0 amide bonds. The fraction of sp³-hybridized carbons (Fsp3) is 0.476. The number of benzene rings is 3. The van der Waals surface area contributed by atoms with E-state index in [9.17, 15) is 51.1 Å². The molecule has 7 heterocycles. The minimum atomic E-state index is -5.48. The number of nitrogens with one attached hydrogen (secondary N) is 1. The van der Waals surface area contributed by atoms with Gasteiger partial charge in [0, 0.05) is 46.6 Å². The number of nitrogens with zero attached hydrogens (tertiary/aromatic N) is 3. The van der Waals surface area contributed by atoms with Gasteiger partial charge in [-0.25, -0.2) is 14.4 Å². The third-order valence-electron chi connectivity index (χ3n) is 13.0. The van der Waals surface area contributed by atoms with Gasteiger partial charge in [0.15, 0.2) is 40.0 Å². The molecular formula is C42H38F6N4O11S. The summed E-state index contributed by atoms with van der Waals surface area (Å²) in [6, 6.07) is 1.60. The van der Waals surface area contributed by atoms with Crippen LogP contribution in [-0.4, -0.2) is 110 Å². The van der Waals surface area contributed by atoms with Crippen molar-refractivity contribution < 1.29 is 79.0 Å². The van der Waals surface area contributed by atoms with E-state index in [1.165, 1.54) is 33.3 Å². The summed E-state index contributed by atoms with van der Waals surface area (Å²) in [7, 11) is 4.15. The first-order valence-electron chi connectivity index (χ1n) is 19.8. The van der Waals surface area contributed by atoms with Crippen LogP contribution in [-0.2, 0) is 37.5 Å². The van der Waals surface area contributed by atoms with Gasteiger partial charge in [0.2, 0.25) is 6.79 Å². The van der Waals surface area contributed by atoms with Crippen LogP contribution in [0.15, 0.2) is 18.2 Å². The van der Waals surface area contributed by atoms with Gasteiger partial charge in [-0.3, -0.25) is 15.1 Å². The van der Waals surface area contributed by atoms with Gasteiger partial charge >= 0.3 is 30.3 Å². The smallest absolute Gasteiger partial charge is 0.491 e. The lowest BCUT2D eigenvalue weighted by Gasteiger charge is -2.62. The van der Waals surface area contributed by atoms with Crippen LogP contribution in [0.2, 0.25) is 0 Å². The largest absolute Gasteiger partial charge is 0.504 e. The van der Waals surface area contributed by atoms with E-state index < -0.39 is 96.2 Å². The summed E-state index contributed by atoms with van der Waals surface area (Å²) in [5.74, 6) is -7.62. The summed E-state index contributed by atoms with van der Waals surface area (Å²) in [6.45, 7) is 2.14. The predicted octanol–water partition coefficient (Wildman–Crippen LogP) is 5.29. The van der Waals surface area contributed by atoms with E-state index >= 15 is 0 Å². The van der Waals surface area contributed by atoms with Crippen LogP contribution in [0.3, 0.4) is 0 Å². The van der Waals surface area contributed by atoms with Crippen LogP contribution < -0.4 is 33.7 Å². The maximum atomic E-state index is 14.8. The molecule has 0 aromatic heterocycles. The van der Waals surface area contributed by atoms with Gasteiger partial charge in [-0.15, -0.1) is 11.8 Å². The molecule has 1 spiro atoms. The summed E-state index contributed by atoms with van der Waals surface area (Å²) >= 11 is 1.02. The molecule has 1 unspecified atom stereocenters. The number of carbonyl (C=O) groups excluding carboxylic acids is 3. The number of aromatic hydroxyl groups is 1. The highest BCUT2D eigenvalue weighted by molar-refractivity contribution is 7.99. The van der Waals surface area contributed by atoms with E-state index in [0.717, 1.165) is 11.8 Å². The molecule has 64 heavy (non-hydrogen) atoms. The molecule has 3 aromatic carbocycles. The number of nitriles is 1. The van der Waals surface area contributed by atoms with E-state index in [1.807, 2.05) is 0 Å². The number of halogens is 6. The molecule has 10 rings (SSSR count). The number of phenolic OH excluding ortho intramolecular Hbond substituents is 1. The van der Waals surface area contributed by atoms with Crippen molar-refractivity contribution in [3.05, 3.63) is 62.7 Å². The van der Waals surface area contributed by atoms with E-state index in [-0.39, 0.29) is 69.7 Å². The zero-order valence-electron chi connectivity index (χ0n) is 34.5. The number of likely N-dealkylation sites (N-methyl/N-ethyl adjacent to an activating group) is 1. The summed E-state index contributed by atoms with van der Waals surface area (Å²) in [4.78, 5) is 43.9. The second-order valence-electron chi connectivity index (χ2n) is 16.3. The van der Waals surface area contributed by atoms with Crippen molar-refractivity contribution in [3.63, 3.8) is 0 Å². The topological polar surface area (TPSA) is 178 Å². The lowest BCUT2D eigenvalue weighted by Crippen LogP contribution is -2.69. The first-order valence-corrected chi connectivity index (χ1v) is 20.9. The third kappa shape index (κ3) is 6.40. The predicted molar refractivity (Wildman–Crippen MR) is 208 cm³/mol. The van der Waals surface area contributed by atoms with Gasteiger partial charge in [0.1, 0.15) is 18.4 Å². The van der Waals surface area contributed by atoms with Crippen molar-refractivity contribution in [2.75, 3.05) is 47.0 Å². The Morgan fingerprint density at radius 3 is 2.28 bits per heavy atom. The maximum absolute atomic E-state index is 14.8. The standard InChI is InChI=1S/C42H38F6N4O11S/c1-16-8-19-9-21-22(12-49)52-23-13-59-37(54)40(20-11-25(57-4)24(53)10-18(20)6-7-50-40)14-64-36(28-27(23)34-33(60-15-61-34)17(2)32(28)62-38(55)41(43,44)45)30(52)29(51(21)3)26(19)35(31(16)58-5)63-39(56)42(46,47)48/h8,10-11,21-23,29-30,36,50,53H,6-7,9,13-15H2,1-5H3/t21-,22+,23+,29-,30?,36-,40-/m1/s1.